The molecule has 0 aliphatic carbocycles. The van der Waals surface area contributed by atoms with Gasteiger partial charge in [-0.3, -0.25) is 0 Å². The zero-order valence-corrected chi connectivity index (χ0v) is 17.1. The number of rotatable bonds is 7. The molecule has 4 rings (SSSR count). The minimum Gasteiger partial charge on any atom is -0.476 e. The number of nitrogens with two attached hydrogens (primary N) is 1. The predicted molar refractivity (Wildman–Crippen MR) is 119 cm³/mol. The second-order valence-electron chi connectivity index (χ2n) is 6.57. The standard InChI is InChI=1S/C23H18N4O3S/c24-22-25-20(27-31-22)19(21(28)29)26-30-23(16-10-4-1-5-11-16,17-12-6-2-7-13-17)18-14-8-3-9-15-18/h1-15H,(H,28,29)(H2,24,25,27)/b26-19+. The van der Waals surface area contributed by atoms with Crippen molar-refractivity contribution in [2.24, 2.45) is 5.16 Å². The highest BCUT2D eigenvalue weighted by atomic mass is 32.1. The third-order valence-electron chi connectivity index (χ3n) is 4.67. The monoisotopic (exact) mass is 430 g/mol. The van der Waals surface area contributed by atoms with Crippen LogP contribution in [0, 0.1) is 0 Å². The number of nitrogen functional groups attached to an aromatic ring is 1. The lowest BCUT2D eigenvalue weighted by atomic mass is 9.80. The number of carboxylic acid groups (broad SMARTS) is 1. The molecule has 0 aliphatic heterocycles. The second-order valence-corrected chi connectivity index (χ2v) is 7.36. The molecule has 31 heavy (non-hydrogen) atoms. The zero-order valence-electron chi connectivity index (χ0n) is 16.3. The summed E-state index contributed by atoms with van der Waals surface area (Å²) in [7, 11) is 0. The Morgan fingerprint density at radius 2 is 1.32 bits per heavy atom. The Labute approximate surface area is 182 Å². The van der Waals surface area contributed by atoms with Crippen LogP contribution in [-0.2, 0) is 15.2 Å². The molecule has 154 valence electrons. The molecule has 1 aromatic heterocycles. The van der Waals surface area contributed by atoms with Gasteiger partial charge in [-0.05, 0) is 0 Å². The highest BCUT2D eigenvalue weighted by Crippen LogP contribution is 2.40. The van der Waals surface area contributed by atoms with E-state index in [2.05, 4.69) is 14.5 Å². The quantitative estimate of drug-likeness (QED) is 0.261. The highest BCUT2D eigenvalue weighted by Gasteiger charge is 2.40. The summed E-state index contributed by atoms with van der Waals surface area (Å²) in [6.45, 7) is 0. The van der Waals surface area contributed by atoms with Crippen LogP contribution in [0.4, 0.5) is 5.13 Å². The van der Waals surface area contributed by atoms with Gasteiger partial charge in [0.15, 0.2) is 5.13 Å². The largest absolute Gasteiger partial charge is 0.476 e. The van der Waals surface area contributed by atoms with E-state index >= 15 is 0 Å². The first kappa shape index (κ1) is 20.2. The molecule has 3 aromatic carbocycles. The molecular weight excluding hydrogens is 412 g/mol. The van der Waals surface area contributed by atoms with E-state index in [-0.39, 0.29) is 11.0 Å². The summed E-state index contributed by atoms with van der Waals surface area (Å²) in [5.41, 5.74) is 6.35. The molecule has 8 heteroatoms. The molecule has 1 heterocycles. The van der Waals surface area contributed by atoms with Gasteiger partial charge in [-0.2, -0.15) is 9.36 Å². The summed E-state index contributed by atoms with van der Waals surface area (Å²) in [6, 6.07) is 28.5. The molecule has 0 spiro atoms. The minimum absolute atomic E-state index is 0.0990. The van der Waals surface area contributed by atoms with Crippen LogP contribution >= 0.6 is 11.5 Å². The van der Waals surface area contributed by atoms with E-state index in [1.54, 1.807) is 0 Å². The lowest BCUT2D eigenvalue weighted by molar-refractivity contribution is -0.129. The first-order chi connectivity index (χ1) is 15.1. The van der Waals surface area contributed by atoms with E-state index in [0.29, 0.717) is 0 Å². The Morgan fingerprint density at radius 3 is 1.68 bits per heavy atom. The number of nitrogens with zero attached hydrogens (tertiary/aromatic N) is 3. The second kappa shape index (κ2) is 8.76. The molecule has 0 saturated carbocycles. The molecule has 4 aromatic rings. The number of hydrogen-bond donors (Lipinski definition) is 2. The van der Waals surface area contributed by atoms with Crippen molar-refractivity contribution in [2.45, 2.75) is 5.60 Å². The van der Waals surface area contributed by atoms with Crippen LogP contribution in [-0.4, -0.2) is 26.1 Å². The number of aliphatic carboxylic acids is 1. The van der Waals surface area contributed by atoms with Crippen LogP contribution < -0.4 is 5.73 Å². The molecule has 3 N–H and O–H groups in total. The van der Waals surface area contributed by atoms with Crippen molar-refractivity contribution in [1.82, 2.24) is 9.36 Å². The number of aromatic nitrogens is 2. The van der Waals surface area contributed by atoms with Gasteiger partial charge >= 0.3 is 5.97 Å². The minimum atomic E-state index is -1.32. The number of anilines is 1. The fraction of sp³-hybridized carbons (Fsp3) is 0.0435. The van der Waals surface area contributed by atoms with Crippen molar-refractivity contribution in [3.8, 4) is 0 Å². The summed E-state index contributed by atoms with van der Waals surface area (Å²) in [5.74, 6) is -1.42. The summed E-state index contributed by atoms with van der Waals surface area (Å²) in [5, 5.41) is 13.9. The SMILES string of the molecule is Nc1nc(/C(=N\OC(c2ccccc2)(c2ccccc2)c2ccccc2)C(=O)O)ns1. The van der Waals surface area contributed by atoms with Crippen molar-refractivity contribution < 1.29 is 14.7 Å². The Morgan fingerprint density at radius 1 is 0.871 bits per heavy atom. The molecule has 0 atom stereocenters. The molecule has 7 nitrogen and oxygen atoms in total. The van der Waals surface area contributed by atoms with Crippen LogP contribution in [0.15, 0.2) is 96.2 Å². The van der Waals surface area contributed by atoms with Gasteiger partial charge in [0.2, 0.25) is 17.1 Å². The van der Waals surface area contributed by atoms with E-state index in [4.69, 9.17) is 10.6 Å². The average Bonchev–Trinajstić information content (AvgIpc) is 3.24. The van der Waals surface area contributed by atoms with Crippen LogP contribution in [0.3, 0.4) is 0 Å². The normalized spacial score (nSPS) is 11.8. The van der Waals surface area contributed by atoms with Crippen molar-refractivity contribution in [2.75, 3.05) is 5.73 Å². The molecule has 0 unspecified atom stereocenters. The molecule has 0 bridgehead atoms. The first-order valence-corrected chi connectivity index (χ1v) is 10.1. The fourth-order valence-electron chi connectivity index (χ4n) is 3.30. The van der Waals surface area contributed by atoms with Crippen molar-refractivity contribution in [3.63, 3.8) is 0 Å². The topological polar surface area (TPSA) is 111 Å². The van der Waals surface area contributed by atoms with Gasteiger partial charge in [0, 0.05) is 28.2 Å². The zero-order chi connectivity index (χ0) is 21.7. The molecule has 0 amide bonds. The van der Waals surface area contributed by atoms with Crippen molar-refractivity contribution in [1.29, 1.82) is 0 Å². The third kappa shape index (κ3) is 4.01. The number of carboxylic acids is 1. The van der Waals surface area contributed by atoms with Gasteiger partial charge in [0.05, 0.1) is 0 Å². The summed E-state index contributed by atoms with van der Waals surface area (Å²) < 4.78 is 3.97. The van der Waals surface area contributed by atoms with E-state index in [0.717, 1.165) is 28.2 Å². The molecule has 0 saturated heterocycles. The predicted octanol–water partition coefficient (Wildman–Crippen LogP) is 3.92. The van der Waals surface area contributed by atoms with Gasteiger partial charge in [0.25, 0.3) is 0 Å². The van der Waals surface area contributed by atoms with Crippen molar-refractivity contribution in [3.05, 3.63) is 114 Å². The van der Waals surface area contributed by atoms with E-state index < -0.39 is 17.3 Å². The summed E-state index contributed by atoms with van der Waals surface area (Å²) in [6.07, 6.45) is 0. The van der Waals surface area contributed by atoms with Crippen molar-refractivity contribution >= 4 is 28.3 Å². The van der Waals surface area contributed by atoms with Crippen LogP contribution in [0.2, 0.25) is 0 Å². The van der Waals surface area contributed by atoms with E-state index in [9.17, 15) is 9.90 Å². The number of benzene rings is 3. The maximum absolute atomic E-state index is 11.9. The fourth-order valence-corrected chi connectivity index (χ4v) is 3.73. The van der Waals surface area contributed by atoms with Gasteiger partial charge in [-0.1, -0.05) is 96.2 Å². The Hall–Kier alpha value is -4.04. The number of carbonyl (C=O) groups is 1. The average molecular weight is 430 g/mol. The Kier molecular flexibility index (Phi) is 5.72. The number of hydrogen-bond acceptors (Lipinski definition) is 7. The Balaban J connectivity index is 1.95. The van der Waals surface area contributed by atoms with Gasteiger partial charge in [-0.15, -0.1) is 0 Å². The lowest BCUT2D eigenvalue weighted by Gasteiger charge is -2.33. The summed E-state index contributed by atoms with van der Waals surface area (Å²) >= 11 is 0.890. The maximum atomic E-state index is 11.9. The molecule has 0 radical (unpaired) electrons. The van der Waals surface area contributed by atoms with Gasteiger partial charge in [-0.25, -0.2) is 4.79 Å². The highest BCUT2D eigenvalue weighted by molar-refractivity contribution is 7.09. The Bertz CT molecular complexity index is 1100. The third-order valence-corrected chi connectivity index (χ3v) is 5.21. The van der Waals surface area contributed by atoms with Crippen LogP contribution in [0.5, 0.6) is 0 Å². The molecular formula is C23H18N4O3S. The van der Waals surface area contributed by atoms with Gasteiger partial charge < -0.3 is 15.7 Å². The smallest absolute Gasteiger partial charge is 0.362 e. The first-order valence-electron chi connectivity index (χ1n) is 9.37. The lowest BCUT2D eigenvalue weighted by Crippen LogP contribution is -2.32. The van der Waals surface area contributed by atoms with Gasteiger partial charge in [0.1, 0.15) is 0 Å². The van der Waals surface area contributed by atoms with E-state index in [1.165, 1.54) is 0 Å². The summed E-state index contributed by atoms with van der Waals surface area (Å²) in [4.78, 5) is 22.0. The maximum Gasteiger partial charge on any atom is 0.362 e. The van der Waals surface area contributed by atoms with E-state index in [1.807, 2.05) is 91.0 Å². The molecule has 0 fully saturated rings. The molecule has 0 aliphatic rings. The van der Waals surface area contributed by atoms with Crippen LogP contribution in [0.1, 0.15) is 22.5 Å². The number of oxime groups is 1. The van der Waals surface area contributed by atoms with Crippen LogP contribution in [0.25, 0.3) is 0 Å².